The van der Waals surface area contributed by atoms with E-state index in [1.807, 2.05) is 59.5 Å². The lowest BCUT2D eigenvalue weighted by Crippen LogP contribution is -2.51. The molecule has 1 aliphatic heterocycles. The van der Waals surface area contributed by atoms with E-state index in [4.69, 9.17) is 5.26 Å². The molecule has 27 heavy (non-hydrogen) atoms. The van der Waals surface area contributed by atoms with Crippen LogP contribution in [0.5, 0.6) is 0 Å². The van der Waals surface area contributed by atoms with Gasteiger partial charge in [-0.1, -0.05) is 42.5 Å². The molecule has 3 rings (SSSR count). The maximum atomic E-state index is 12.4. The van der Waals surface area contributed by atoms with E-state index < -0.39 is 5.92 Å². The predicted octanol–water partition coefficient (Wildman–Crippen LogP) is 2.52. The summed E-state index contributed by atoms with van der Waals surface area (Å²) in [4.78, 5) is 27.4. The van der Waals surface area contributed by atoms with Crippen molar-refractivity contribution in [3.05, 3.63) is 65.7 Å². The molecule has 0 radical (unpaired) electrons. The first-order valence-electron chi connectivity index (χ1n) is 8.98. The van der Waals surface area contributed by atoms with E-state index in [-0.39, 0.29) is 6.03 Å². The van der Waals surface area contributed by atoms with Crippen LogP contribution in [0.2, 0.25) is 0 Å². The van der Waals surface area contributed by atoms with Gasteiger partial charge in [-0.2, -0.15) is 5.26 Å². The first-order chi connectivity index (χ1) is 13.2. The molecule has 0 spiro atoms. The van der Waals surface area contributed by atoms with Crippen LogP contribution in [-0.2, 0) is 11.3 Å². The molecule has 1 saturated heterocycles. The summed E-state index contributed by atoms with van der Waals surface area (Å²) >= 11 is 0. The molecule has 0 aromatic heterocycles. The number of rotatable bonds is 5. The number of nitrogens with one attached hydrogen (secondary N) is 1. The number of anilines is 1. The van der Waals surface area contributed by atoms with Gasteiger partial charge >= 0.3 is 6.03 Å². The maximum absolute atomic E-state index is 12.4. The summed E-state index contributed by atoms with van der Waals surface area (Å²) in [5.74, 6) is -0.741. The molecular weight excluding hydrogens is 340 g/mol. The lowest BCUT2D eigenvalue weighted by atomic mass is 10.0. The second-order valence-corrected chi connectivity index (χ2v) is 6.46. The minimum atomic E-state index is -0.741. The average Bonchev–Trinajstić information content (AvgIpc) is 2.74. The predicted molar refractivity (Wildman–Crippen MR) is 103 cm³/mol. The number of urea groups is 1. The Labute approximate surface area is 159 Å². The minimum absolute atomic E-state index is 0.0576. The van der Waals surface area contributed by atoms with Crippen LogP contribution in [0.4, 0.5) is 10.5 Å². The largest absolute Gasteiger partial charge is 0.368 e. The highest BCUT2D eigenvalue weighted by atomic mass is 16.2. The molecule has 1 fully saturated rings. The molecule has 138 valence electrons. The molecule has 6 heteroatoms. The summed E-state index contributed by atoms with van der Waals surface area (Å²) in [6.45, 7) is 3.19. The Kier molecular flexibility index (Phi) is 6.06. The molecule has 1 heterocycles. The van der Waals surface area contributed by atoms with Crippen molar-refractivity contribution in [1.82, 2.24) is 10.2 Å². The zero-order valence-electron chi connectivity index (χ0n) is 15.0. The number of piperazine rings is 1. The second-order valence-electron chi connectivity index (χ2n) is 6.46. The number of hydrogen-bond acceptors (Lipinski definition) is 4. The van der Waals surface area contributed by atoms with E-state index in [1.54, 1.807) is 6.07 Å². The van der Waals surface area contributed by atoms with Crippen LogP contribution in [0, 0.1) is 11.3 Å². The molecule has 2 aromatic carbocycles. The fourth-order valence-corrected chi connectivity index (χ4v) is 3.15. The van der Waals surface area contributed by atoms with Crippen LogP contribution in [0.25, 0.3) is 0 Å². The number of nitrogens with zero attached hydrogens (tertiary/aromatic N) is 3. The van der Waals surface area contributed by atoms with Crippen LogP contribution in [-0.4, -0.2) is 43.4 Å². The van der Waals surface area contributed by atoms with Gasteiger partial charge in [-0.3, -0.25) is 0 Å². The van der Waals surface area contributed by atoms with Crippen LogP contribution < -0.4 is 10.2 Å². The zero-order valence-corrected chi connectivity index (χ0v) is 15.0. The summed E-state index contributed by atoms with van der Waals surface area (Å²) in [5, 5.41) is 12.0. The first kappa shape index (κ1) is 18.5. The van der Waals surface area contributed by atoms with Gasteiger partial charge in [0.2, 0.25) is 0 Å². The third-order valence-electron chi connectivity index (χ3n) is 4.72. The monoisotopic (exact) mass is 362 g/mol. The van der Waals surface area contributed by atoms with Crippen LogP contribution in [0.1, 0.15) is 17.0 Å². The van der Waals surface area contributed by atoms with E-state index in [0.717, 1.165) is 11.3 Å². The maximum Gasteiger partial charge on any atom is 0.317 e. The Morgan fingerprint density at radius 1 is 1.11 bits per heavy atom. The number of nitriles is 1. The van der Waals surface area contributed by atoms with E-state index >= 15 is 0 Å². The van der Waals surface area contributed by atoms with Crippen LogP contribution in [0.3, 0.4) is 0 Å². The number of aldehydes is 1. The molecule has 0 aliphatic carbocycles. The molecule has 1 N–H and O–H groups in total. The van der Waals surface area contributed by atoms with Crippen molar-refractivity contribution in [2.24, 2.45) is 0 Å². The van der Waals surface area contributed by atoms with Crippen LogP contribution >= 0.6 is 0 Å². The van der Waals surface area contributed by atoms with Crippen molar-refractivity contribution >= 4 is 18.0 Å². The van der Waals surface area contributed by atoms with Gasteiger partial charge in [0.1, 0.15) is 12.2 Å². The molecule has 2 amide bonds. The Morgan fingerprint density at radius 2 is 1.85 bits per heavy atom. The molecule has 1 aliphatic rings. The lowest BCUT2D eigenvalue weighted by Gasteiger charge is -2.36. The number of benzene rings is 2. The van der Waals surface area contributed by atoms with Crippen molar-refractivity contribution < 1.29 is 9.59 Å². The third kappa shape index (κ3) is 4.64. The first-order valence-corrected chi connectivity index (χ1v) is 8.98. The number of hydrogen-bond donors (Lipinski definition) is 1. The van der Waals surface area contributed by atoms with Gasteiger partial charge < -0.3 is 19.9 Å². The van der Waals surface area contributed by atoms with Crippen molar-refractivity contribution in [2.75, 3.05) is 31.1 Å². The normalized spacial score (nSPS) is 14.9. The second kappa shape index (κ2) is 8.86. The highest BCUT2D eigenvalue weighted by Gasteiger charge is 2.21. The van der Waals surface area contributed by atoms with E-state index in [9.17, 15) is 9.59 Å². The molecule has 6 nitrogen and oxygen atoms in total. The highest BCUT2D eigenvalue weighted by Crippen LogP contribution is 2.22. The van der Waals surface area contributed by atoms with Crippen molar-refractivity contribution in [3.63, 3.8) is 0 Å². The lowest BCUT2D eigenvalue weighted by molar-refractivity contribution is -0.108. The third-order valence-corrected chi connectivity index (χ3v) is 4.72. The number of carbonyl (C=O) groups excluding carboxylic acids is 2. The van der Waals surface area contributed by atoms with Gasteiger partial charge in [-0.25, -0.2) is 4.79 Å². The number of carbonyl (C=O) groups is 2. The van der Waals surface area contributed by atoms with Gasteiger partial charge in [-0.15, -0.1) is 0 Å². The van der Waals surface area contributed by atoms with Gasteiger partial charge in [-0.05, 0) is 23.3 Å². The summed E-state index contributed by atoms with van der Waals surface area (Å²) < 4.78 is 0. The van der Waals surface area contributed by atoms with Gasteiger partial charge in [0, 0.05) is 38.4 Å². The zero-order chi connectivity index (χ0) is 19.1. The Balaban J connectivity index is 1.54. The molecule has 1 unspecified atom stereocenters. The topological polar surface area (TPSA) is 76.4 Å². The van der Waals surface area contributed by atoms with Crippen molar-refractivity contribution in [2.45, 2.75) is 12.5 Å². The summed E-state index contributed by atoms with van der Waals surface area (Å²) in [7, 11) is 0. The Morgan fingerprint density at radius 3 is 2.52 bits per heavy atom. The minimum Gasteiger partial charge on any atom is -0.368 e. The molecular formula is C21H22N4O2. The quantitative estimate of drug-likeness (QED) is 0.829. The Hall–Kier alpha value is -3.33. The average molecular weight is 362 g/mol. The molecule has 0 bridgehead atoms. The molecule has 1 atom stereocenters. The van der Waals surface area contributed by atoms with Crippen molar-refractivity contribution in [3.8, 4) is 6.07 Å². The van der Waals surface area contributed by atoms with E-state index in [1.165, 1.54) is 0 Å². The smallest absolute Gasteiger partial charge is 0.317 e. The Bertz CT molecular complexity index is 824. The standard InChI is InChI=1S/C21H22N4O2/c22-14-19(16-26)18-7-4-8-20(13-18)24-9-11-25(12-10-24)21(27)23-15-17-5-2-1-3-6-17/h1-8,13,16,19H,9-12,15H2,(H,23,27). The fourth-order valence-electron chi connectivity index (χ4n) is 3.15. The highest BCUT2D eigenvalue weighted by molar-refractivity contribution is 5.74. The summed E-state index contributed by atoms with van der Waals surface area (Å²) in [6.07, 6.45) is 0.661. The molecule has 0 saturated carbocycles. The molecule has 2 aromatic rings. The van der Waals surface area contributed by atoms with Gasteiger partial charge in [0.05, 0.1) is 6.07 Å². The number of amides is 2. The van der Waals surface area contributed by atoms with E-state index in [2.05, 4.69) is 10.2 Å². The fraction of sp³-hybridized carbons (Fsp3) is 0.286. The summed E-state index contributed by atoms with van der Waals surface area (Å²) in [6, 6.07) is 19.3. The SMILES string of the molecule is N#CC(C=O)c1cccc(N2CCN(C(=O)NCc3ccccc3)CC2)c1. The van der Waals surface area contributed by atoms with Crippen LogP contribution in [0.15, 0.2) is 54.6 Å². The van der Waals surface area contributed by atoms with Gasteiger partial charge in [0.15, 0.2) is 0 Å². The van der Waals surface area contributed by atoms with Gasteiger partial charge in [0.25, 0.3) is 0 Å². The van der Waals surface area contributed by atoms with Crippen molar-refractivity contribution in [1.29, 1.82) is 5.26 Å². The summed E-state index contributed by atoms with van der Waals surface area (Å²) in [5.41, 5.74) is 2.75. The van der Waals surface area contributed by atoms with E-state index in [0.29, 0.717) is 44.6 Å².